The molecule has 3 rings (SSSR count). The van der Waals surface area contributed by atoms with Crippen molar-refractivity contribution >= 4 is 45.3 Å². The highest BCUT2D eigenvalue weighted by atomic mass is 35.5. The van der Waals surface area contributed by atoms with Gasteiger partial charge >= 0.3 is 5.69 Å². The van der Waals surface area contributed by atoms with E-state index in [1.165, 1.54) is 29.1 Å². The van der Waals surface area contributed by atoms with E-state index in [0.29, 0.717) is 10.6 Å². The van der Waals surface area contributed by atoms with E-state index in [0.717, 1.165) is 19.8 Å². The van der Waals surface area contributed by atoms with Crippen LogP contribution >= 0.6 is 22.9 Å². The van der Waals surface area contributed by atoms with Crippen molar-refractivity contribution in [2.75, 3.05) is 0 Å². The lowest BCUT2D eigenvalue weighted by Crippen LogP contribution is -2.37. The second kappa shape index (κ2) is 5.55. The van der Waals surface area contributed by atoms with Crippen LogP contribution in [0.25, 0.3) is 22.4 Å². The molecule has 0 radical (unpaired) electrons. The van der Waals surface area contributed by atoms with Crippen LogP contribution in [0.2, 0.25) is 5.02 Å². The maximum atomic E-state index is 12.0. The van der Waals surface area contributed by atoms with Crippen molar-refractivity contribution in [2.45, 2.75) is 0 Å². The minimum Gasteiger partial charge on any atom is -0.303 e. The summed E-state index contributed by atoms with van der Waals surface area (Å²) < 4.78 is 3.48. The highest BCUT2D eigenvalue weighted by Crippen LogP contribution is 2.25. The van der Waals surface area contributed by atoms with E-state index in [1.54, 1.807) is 25.3 Å². The number of aryl methyl sites for hydroxylation is 1. The van der Waals surface area contributed by atoms with Gasteiger partial charge in [-0.2, -0.15) is 0 Å². The number of halogens is 1. The van der Waals surface area contributed by atoms with Crippen molar-refractivity contribution in [3.63, 3.8) is 0 Å². The molecule has 0 N–H and O–H groups in total. The van der Waals surface area contributed by atoms with Crippen LogP contribution < -0.4 is 11.2 Å². The molecule has 0 atom stereocenters. The van der Waals surface area contributed by atoms with E-state index in [9.17, 15) is 9.59 Å². The fraction of sp³-hybridized carbons (Fsp3) is 0.133. The standard InChI is InChI=1S/C15H12ClN3O2S/c1-18-8-9(14(20)19(2)15(18)21)3-6-13-17-11-7-10(16)4-5-12(11)22-13/h3-8H,1-2H3/b6-3+. The summed E-state index contributed by atoms with van der Waals surface area (Å²) in [6.07, 6.45) is 4.95. The van der Waals surface area contributed by atoms with Gasteiger partial charge in [-0.15, -0.1) is 11.3 Å². The van der Waals surface area contributed by atoms with Gasteiger partial charge in [0.15, 0.2) is 0 Å². The van der Waals surface area contributed by atoms with E-state index in [2.05, 4.69) is 4.98 Å². The lowest BCUT2D eigenvalue weighted by molar-refractivity contribution is 0.683. The van der Waals surface area contributed by atoms with Crippen molar-refractivity contribution in [1.29, 1.82) is 0 Å². The Balaban J connectivity index is 2.03. The van der Waals surface area contributed by atoms with Gasteiger partial charge in [-0.05, 0) is 30.4 Å². The van der Waals surface area contributed by atoms with Crippen LogP contribution in [0, 0.1) is 0 Å². The number of hydrogen-bond donors (Lipinski definition) is 0. The first-order valence-corrected chi connectivity index (χ1v) is 7.66. The number of thiazole rings is 1. The molecule has 0 saturated heterocycles. The van der Waals surface area contributed by atoms with Gasteiger partial charge in [0.05, 0.1) is 15.8 Å². The van der Waals surface area contributed by atoms with Gasteiger partial charge in [0.2, 0.25) is 0 Å². The third-order valence-corrected chi connectivity index (χ3v) is 4.48. The van der Waals surface area contributed by atoms with Crippen LogP contribution in [0.15, 0.2) is 34.0 Å². The molecule has 0 amide bonds. The fourth-order valence-electron chi connectivity index (χ4n) is 2.10. The molecule has 22 heavy (non-hydrogen) atoms. The van der Waals surface area contributed by atoms with Crippen LogP contribution in [0.3, 0.4) is 0 Å². The first-order valence-electron chi connectivity index (χ1n) is 6.46. The first kappa shape index (κ1) is 14.7. The molecule has 0 saturated carbocycles. The minimum absolute atomic E-state index is 0.330. The van der Waals surface area contributed by atoms with Gasteiger partial charge in [-0.25, -0.2) is 9.78 Å². The van der Waals surface area contributed by atoms with Gasteiger partial charge < -0.3 is 4.57 Å². The van der Waals surface area contributed by atoms with Crippen molar-refractivity contribution < 1.29 is 0 Å². The summed E-state index contributed by atoms with van der Waals surface area (Å²) in [5.74, 6) is 0. The first-order chi connectivity index (χ1) is 10.5. The monoisotopic (exact) mass is 333 g/mol. The topological polar surface area (TPSA) is 56.9 Å². The molecule has 3 aromatic rings. The SMILES string of the molecule is Cn1cc(/C=C/c2nc3cc(Cl)ccc3s2)c(=O)n(C)c1=O. The third kappa shape index (κ3) is 2.63. The van der Waals surface area contributed by atoms with Crippen molar-refractivity contribution in [3.05, 3.63) is 60.8 Å². The van der Waals surface area contributed by atoms with Crippen molar-refractivity contribution in [3.8, 4) is 0 Å². The van der Waals surface area contributed by atoms with Crippen LogP contribution in [0.1, 0.15) is 10.6 Å². The number of nitrogens with zero attached hydrogens (tertiary/aromatic N) is 3. The predicted octanol–water partition coefficient (Wildman–Crippen LogP) is 2.52. The van der Waals surface area contributed by atoms with E-state index in [4.69, 9.17) is 11.6 Å². The fourth-order valence-corrected chi connectivity index (χ4v) is 3.12. The number of fused-ring (bicyclic) bond motifs is 1. The predicted molar refractivity (Wildman–Crippen MR) is 90.5 cm³/mol. The van der Waals surface area contributed by atoms with Gasteiger partial charge in [-0.3, -0.25) is 9.36 Å². The van der Waals surface area contributed by atoms with Gasteiger partial charge in [0, 0.05) is 25.3 Å². The Bertz CT molecular complexity index is 1010. The molecule has 0 spiro atoms. The average Bonchev–Trinajstić information content (AvgIpc) is 2.89. The molecule has 2 aromatic heterocycles. The minimum atomic E-state index is -0.350. The zero-order chi connectivity index (χ0) is 15.9. The summed E-state index contributed by atoms with van der Waals surface area (Å²) in [6.45, 7) is 0. The molecule has 0 unspecified atom stereocenters. The Labute approximate surface area is 134 Å². The third-order valence-electron chi connectivity index (χ3n) is 3.24. The molecule has 7 heteroatoms. The molecule has 0 aliphatic rings. The van der Waals surface area contributed by atoms with Crippen molar-refractivity contribution in [1.82, 2.24) is 14.1 Å². The van der Waals surface area contributed by atoms with Crippen LogP contribution in [0.4, 0.5) is 0 Å². The molecule has 0 fully saturated rings. The van der Waals surface area contributed by atoms with E-state index in [1.807, 2.05) is 12.1 Å². The summed E-state index contributed by atoms with van der Waals surface area (Å²) in [5, 5.41) is 1.41. The van der Waals surface area contributed by atoms with Crippen LogP contribution in [-0.4, -0.2) is 14.1 Å². The Morgan fingerprint density at radius 2 is 2.00 bits per heavy atom. The summed E-state index contributed by atoms with van der Waals surface area (Å²) in [6, 6.07) is 5.53. The lowest BCUT2D eigenvalue weighted by Gasteiger charge is -2.02. The van der Waals surface area contributed by atoms with E-state index < -0.39 is 0 Å². The maximum Gasteiger partial charge on any atom is 0.330 e. The van der Waals surface area contributed by atoms with E-state index >= 15 is 0 Å². The van der Waals surface area contributed by atoms with Gasteiger partial charge in [-0.1, -0.05) is 11.6 Å². The maximum absolute atomic E-state index is 12.0. The molecule has 0 bridgehead atoms. The Morgan fingerprint density at radius 3 is 2.77 bits per heavy atom. The van der Waals surface area contributed by atoms with Gasteiger partial charge in [0.1, 0.15) is 5.01 Å². The number of hydrogen-bond acceptors (Lipinski definition) is 4. The summed E-state index contributed by atoms with van der Waals surface area (Å²) in [7, 11) is 3.07. The molecular formula is C15H12ClN3O2S. The molecule has 1 aromatic carbocycles. The molecule has 112 valence electrons. The zero-order valence-electron chi connectivity index (χ0n) is 11.9. The number of aromatic nitrogens is 3. The molecule has 0 aliphatic heterocycles. The largest absolute Gasteiger partial charge is 0.330 e. The summed E-state index contributed by atoms with van der Waals surface area (Å²) >= 11 is 7.45. The lowest BCUT2D eigenvalue weighted by atomic mass is 10.3. The molecule has 2 heterocycles. The Hall–Kier alpha value is -2.18. The van der Waals surface area contributed by atoms with E-state index in [-0.39, 0.29) is 11.2 Å². The highest BCUT2D eigenvalue weighted by molar-refractivity contribution is 7.19. The second-order valence-electron chi connectivity index (χ2n) is 4.84. The number of benzene rings is 1. The Kier molecular flexibility index (Phi) is 3.72. The summed E-state index contributed by atoms with van der Waals surface area (Å²) in [4.78, 5) is 28.1. The molecule has 5 nitrogen and oxygen atoms in total. The number of rotatable bonds is 2. The van der Waals surface area contributed by atoms with Crippen LogP contribution in [0.5, 0.6) is 0 Å². The van der Waals surface area contributed by atoms with Crippen molar-refractivity contribution in [2.24, 2.45) is 14.1 Å². The molecule has 0 aliphatic carbocycles. The smallest absolute Gasteiger partial charge is 0.303 e. The van der Waals surface area contributed by atoms with Crippen LogP contribution in [-0.2, 0) is 14.1 Å². The average molecular weight is 334 g/mol. The van der Waals surface area contributed by atoms with Gasteiger partial charge in [0.25, 0.3) is 5.56 Å². The quantitative estimate of drug-likeness (QED) is 0.724. The highest BCUT2D eigenvalue weighted by Gasteiger charge is 2.05. The molecular weight excluding hydrogens is 322 g/mol. The summed E-state index contributed by atoms with van der Waals surface area (Å²) in [5.41, 5.74) is 0.577. The Morgan fingerprint density at radius 1 is 1.23 bits per heavy atom. The zero-order valence-corrected chi connectivity index (χ0v) is 13.5. The second-order valence-corrected chi connectivity index (χ2v) is 6.34. The normalized spacial score (nSPS) is 11.6.